The summed E-state index contributed by atoms with van der Waals surface area (Å²) < 4.78 is 1.83. The summed E-state index contributed by atoms with van der Waals surface area (Å²) in [6.07, 6.45) is 0. The molecule has 1 heterocycles. The molecule has 0 aliphatic rings. The number of phenolic OH excluding ortho intramolecular Hbond substituents is 1. The van der Waals surface area contributed by atoms with E-state index in [0.717, 1.165) is 4.47 Å². The lowest BCUT2D eigenvalue weighted by Gasteiger charge is -2.09. The second kappa shape index (κ2) is 4.84. The number of benzene rings is 2. The van der Waals surface area contributed by atoms with Crippen LogP contribution in [0.15, 0.2) is 31.6 Å². The Morgan fingerprint density at radius 3 is 2.42 bits per heavy atom. The van der Waals surface area contributed by atoms with Crippen LogP contribution in [0.3, 0.4) is 0 Å². The van der Waals surface area contributed by atoms with E-state index >= 15 is 0 Å². The van der Waals surface area contributed by atoms with E-state index in [0.29, 0.717) is 36.0 Å². The first-order valence-corrected chi connectivity index (χ1v) is 7.87. The Balaban J connectivity index is 2.59. The van der Waals surface area contributed by atoms with E-state index in [1.165, 1.54) is 0 Å². The number of aromatic nitrogens is 2. The second-order valence-corrected chi connectivity index (χ2v) is 6.64. The van der Waals surface area contributed by atoms with Crippen molar-refractivity contribution in [2.24, 2.45) is 0 Å². The summed E-state index contributed by atoms with van der Waals surface area (Å²) in [5.74, 6) is -0.0161. The smallest absolute Gasteiger partial charge is 0.159 e. The Hall–Kier alpha value is -0.430. The zero-order valence-corrected chi connectivity index (χ0v) is 14.6. The minimum Gasteiger partial charge on any atom is -0.504 e. The third-order valence-electron chi connectivity index (χ3n) is 2.67. The summed E-state index contributed by atoms with van der Waals surface area (Å²) in [5.41, 5.74) is 2.32. The fourth-order valence-electron chi connectivity index (χ4n) is 1.77. The van der Waals surface area contributed by atoms with Gasteiger partial charge in [0.2, 0.25) is 0 Å². The highest BCUT2D eigenvalue weighted by molar-refractivity contribution is 9.11. The molecule has 19 heavy (non-hydrogen) atoms. The van der Waals surface area contributed by atoms with Crippen LogP contribution in [-0.4, -0.2) is 15.1 Å². The standard InChI is InChI=1S/C12H4Br3ClN2O/c13-4-2-1-3-5-9(4)18-10-6(14)8(16)7(15)12(19)11(10)17-5/h1-3,19H. The van der Waals surface area contributed by atoms with Crippen LogP contribution in [0.5, 0.6) is 5.75 Å². The highest BCUT2D eigenvalue weighted by atomic mass is 79.9. The van der Waals surface area contributed by atoms with Crippen molar-refractivity contribution in [1.82, 2.24) is 9.97 Å². The number of hydrogen-bond donors (Lipinski definition) is 1. The minimum atomic E-state index is -0.0161. The van der Waals surface area contributed by atoms with Crippen LogP contribution in [0.4, 0.5) is 0 Å². The summed E-state index contributed by atoms with van der Waals surface area (Å²) in [6.45, 7) is 0. The Bertz CT molecular complexity index is 838. The molecule has 0 atom stereocenters. The Labute approximate surface area is 138 Å². The molecule has 0 fully saturated rings. The van der Waals surface area contributed by atoms with Crippen LogP contribution in [0, 0.1) is 0 Å². The maximum Gasteiger partial charge on any atom is 0.159 e. The molecule has 2 aromatic carbocycles. The quantitative estimate of drug-likeness (QED) is 0.354. The molecule has 0 saturated heterocycles. The Kier molecular flexibility index (Phi) is 3.45. The van der Waals surface area contributed by atoms with Gasteiger partial charge in [-0.3, -0.25) is 0 Å². The van der Waals surface area contributed by atoms with Gasteiger partial charge in [-0.15, -0.1) is 0 Å². The first-order valence-electron chi connectivity index (χ1n) is 5.12. The molecule has 7 heteroatoms. The number of aromatic hydroxyl groups is 1. The van der Waals surface area contributed by atoms with Crippen molar-refractivity contribution in [1.29, 1.82) is 0 Å². The second-order valence-electron chi connectivity index (χ2n) is 3.82. The van der Waals surface area contributed by atoms with Crippen molar-refractivity contribution in [3.8, 4) is 5.75 Å². The zero-order valence-electron chi connectivity index (χ0n) is 9.09. The van der Waals surface area contributed by atoms with E-state index in [2.05, 4.69) is 57.8 Å². The average molecular weight is 467 g/mol. The summed E-state index contributed by atoms with van der Waals surface area (Å²) in [5, 5.41) is 10.5. The fourth-order valence-corrected chi connectivity index (χ4v) is 3.52. The molecular weight excluding hydrogens is 463 g/mol. The van der Waals surface area contributed by atoms with Gasteiger partial charge in [0.05, 0.1) is 19.5 Å². The Morgan fingerprint density at radius 2 is 1.68 bits per heavy atom. The molecule has 0 amide bonds. The van der Waals surface area contributed by atoms with Crippen LogP contribution in [0.2, 0.25) is 5.02 Å². The molecule has 0 spiro atoms. The summed E-state index contributed by atoms with van der Waals surface area (Å²) in [6, 6.07) is 5.59. The predicted octanol–water partition coefficient (Wildman–Crippen LogP) is 5.43. The van der Waals surface area contributed by atoms with Crippen molar-refractivity contribution in [2.45, 2.75) is 0 Å². The van der Waals surface area contributed by atoms with Crippen molar-refractivity contribution >= 4 is 81.5 Å². The number of phenols is 1. The van der Waals surface area contributed by atoms with Gasteiger partial charge in [0.15, 0.2) is 5.75 Å². The summed E-state index contributed by atoms with van der Waals surface area (Å²) >= 11 is 16.2. The molecule has 0 aliphatic heterocycles. The zero-order chi connectivity index (χ0) is 13.7. The van der Waals surface area contributed by atoms with Crippen molar-refractivity contribution in [2.75, 3.05) is 0 Å². The molecule has 0 unspecified atom stereocenters. The van der Waals surface area contributed by atoms with E-state index in [4.69, 9.17) is 11.6 Å². The van der Waals surface area contributed by atoms with Gasteiger partial charge in [-0.25, -0.2) is 9.97 Å². The molecule has 3 nitrogen and oxygen atoms in total. The summed E-state index contributed by atoms with van der Waals surface area (Å²) in [4.78, 5) is 8.96. The van der Waals surface area contributed by atoms with Gasteiger partial charge in [-0.2, -0.15) is 0 Å². The third kappa shape index (κ3) is 2.05. The van der Waals surface area contributed by atoms with Gasteiger partial charge in [0.1, 0.15) is 16.6 Å². The highest BCUT2D eigenvalue weighted by Crippen LogP contribution is 2.43. The first kappa shape index (κ1) is 13.5. The fraction of sp³-hybridized carbons (Fsp3) is 0. The van der Waals surface area contributed by atoms with Crippen molar-refractivity contribution in [3.05, 3.63) is 36.6 Å². The number of fused-ring (bicyclic) bond motifs is 2. The van der Waals surface area contributed by atoms with Gasteiger partial charge in [-0.1, -0.05) is 17.7 Å². The van der Waals surface area contributed by atoms with Gasteiger partial charge >= 0.3 is 0 Å². The van der Waals surface area contributed by atoms with Gasteiger partial charge in [0, 0.05) is 4.47 Å². The number of hydrogen-bond acceptors (Lipinski definition) is 3. The number of para-hydroxylation sites is 1. The molecule has 1 N–H and O–H groups in total. The van der Waals surface area contributed by atoms with Gasteiger partial charge < -0.3 is 5.11 Å². The predicted molar refractivity (Wildman–Crippen MR) is 86.8 cm³/mol. The number of halogens is 4. The maximum absolute atomic E-state index is 10.1. The van der Waals surface area contributed by atoms with E-state index in [1.54, 1.807) is 0 Å². The molecule has 0 radical (unpaired) electrons. The monoisotopic (exact) mass is 464 g/mol. The molecular formula is C12H4Br3ClN2O. The van der Waals surface area contributed by atoms with Crippen molar-refractivity contribution in [3.63, 3.8) is 0 Å². The van der Waals surface area contributed by atoms with E-state index < -0.39 is 0 Å². The molecule has 3 aromatic rings. The number of nitrogens with zero attached hydrogens (tertiary/aromatic N) is 2. The van der Waals surface area contributed by atoms with Crippen LogP contribution >= 0.6 is 59.4 Å². The third-order valence-corrected chi connectivity index (χ3v) is 5.69. The summed E-state index contributed by atoms with van der Waals surface area (Å²) in [7, 11) is 0. The van der Waals surface area contributed by atoms with Gasteiger partial charge in [0.25, 0.3) is 0 Å². The lowest BCUT2D eigenvalue weighted by Crippen LogP contribution is -1.91. The van der Waals surface area contributed by atoms with E-state index in [-0.39, 0.29) is 5.75 Å². The van der Waals surface area contributed by atoms with Gasteiger partial charge in [-0.05, 0) is 59.9 Å². The van der Waals surface area contributed by atoms with E-state index in [9.17, 15) is 5.11 Å². The highest BCUT2D eigenvalue weighted by Gasteiger charge is 2.18. The first-order chi connectivity index (χ1) is 9.00. The largest absolute Gasteiger partial charge is 0.504 e. The lowest BCUT2D eigenvalue weighted by atomic mass is 10.2. The van der Waals surface area contributed by atoms with Crippen LogP contribution in [-0.2, 0) is 0 Å². The minimum absolute atomic E-state index is 0.0161. The van der Waals surface area contributed by atoms with E-state index in [1.807, 2.05) is 18.2 Å². The molecule has 0 aliphatic carbocycles. The van der Waals surface area contributed by atoms with Crippen molar-refractivity contribution < 1.29 is 5.11 Å². The maximum atomic E-state index is 10.1. The SMILES string of the molecule is Oc1c(Br)c(Cl)c(Br)c2nc3c(Br)cccc3nc12. The molecule has 0 saturated carbocycles. The molecule has 96 valence electrons. The normalized spacial score (nSPS) is 11.4. The number of rotatable bonds is 0. The lowest BCUT2D eigenvalue weighted by molar-refractivity contribution is 0.477. The molecule has 0 bridgehead atoms. The molecule has 3 rings (SSSR count). The van der Waals surface area contributed by atoms with Crippen LogP contribution in [0.1, 0.15) is 0 Å². The average Bonchev–Trinajstić information content (AvgIpc) is 2.42. The topological polar surface area (TPSA) is 46.0 Å². The Morgan fingerprint density at radius 1 is 0.947 bits per heavy atom. The van der Waals surface area contributed by atoms with Crippen LogP contribution in [0.25, 0.3) is 22.1 Å². The molecule has 1 aromatic heterocycles. The van der Waals surface area contributed by atoms with Crippen LogP contribution < -0.4 is 0 Å².